The fourth-order valence-corrected chi connectivity index (χ4v) is 3.67. The molecule has 1 saturated carbocycles. The Morgan fingerprint density at radius 2 is 2.08 bits per heavy atom. The van der Waals surface area contributed by atoms with E-state index in [1.165, 1.54) is 6.20 Å². The SMILES string of the molecule is Cc1cc2c(cc1C#N)c(-c1cncc(N)c1Cl)cn2[C@H]1C[C@H](O)C1. The lowest BCUT2D eigenvalue weighted by molar-refractivity contribution is 0.0504. The molecule has 1 aliphatic rings. The summed E-state index contributed by atoms with van der Waals surface area (Å²) in [5, 5.41) is 20.5. The number of hydrogen-bond acceptors (Lipinski definition) is 4. The minimum Gasteiger partial charge on any atom is -0.396 e. The zero-order chi connectivity index (χ0) is 17.7. The molecule has 1 aliphatic carbocycles. The molecule has 0 unspecified atom stereocenters. The molecule has 0 atom stereocenters. The van der Waals surface area contributed by atoms with Gasteiger partial charge in [-0.05, 0) is 37.5 Å². The molecule has 4 rings (SSSR count). The van der Waals surface area contributed by atoms with Crippen LogP contribution in [0.4, 0.5) is 5.69 Å². The number of halogens is 1. The van der Waals surface area contributed by atoms with Crippen molar-refractivity contribution in [2.45, 2.75) is 31.9 Å². The second-order valence-corrected chi connectivity index (χ2v) is 6.99. The van der Waals surface area contributed by atoms with Gasteiger partial charge in [0, 0.05) is 40.5 Å². The van der Waals surface area contributed by atoms with Crippen molar-refractivity contribution in [3.8, 4) is 17.2 Å². The fourth-order valence-electron chi connectivity index (χ4n) is 3.47. The average molecular weight is 353 g/mol. The van der Waals surface area contributed by atoms with Gasteiger partial charge >= 0.3 is 0 Å². The molecule has 0 saturated heterocycles. The van der Waals surface area contributed by atoms with Crippen LogP contribution in [0, 0.1) is 18.3 Å². The number of aliphatic hydroxyl groups is 1. The Morgan fingerprint density at radius 3 is 2.76 bits per heavy atom. The van der Waals surface area contributed by atoms with Crippen LogP contribution in [-0.2, 0) is 0 Å². The molecular weight excluding hydrogens is 336 g/mol. The Morgan fingerprint density at radius 1 is 1.32 bits per heavy atom. The molecule has 0 bridgehead atoms. The number of fused-ring (bicyclic) bond motifs is 1. The predicted octanol–water partition coefficient (Wildman–Crippen LogP) is 3.81. The van der Waals surface area contributed by atoms with Crippen LogP contribution in [-0.4, -0.2) is 20.8 Å². The van der Waals surface area contributed by atoms with Gasteiger partial charge in [0.1, 0.15) is 0 Å². The summed E-state index contributed by atoms with van der Waals surface area (Å²) < 4.78 is 2.17. The Balaban J connectivity index is 2.00. The first-order valence-corrected chi connectivity index (χ1v) is 8.50. The lowest BCUT2D eigenvalue weighted by Gasteiger charge is -2.33. The number of nitrogens with two attached hydrogens (primary N) is 1. The first kappa shape index (κ1) is 15.9. The number of nitriles is 1. The van der Waals surface area contributed by atoms with Crippen molar-refractivity contribution in [3.63, 3.8) is 0 Å². The van der Waals surface area contributed by atoms with E-state index in [1.807, 2.05) is 25.3 Å². The summed E-state index contributed by atoms with van der Waals surface area (Å²) in [6.07, 6.45) is 6.46. The highest BCUT2D eigenvalue weighted by atomic mass is 35.5. The average Bonchev–Trinajstić information content (AvgIpc) is 2.91. The topological polar surface area (TPSA) is 87.9 Å². The molecular formula is C19H17ClN4O. The van der Waals surface area contributed by atoms with Gasteiger partial charge in [0.05, 0.1) is 34.6 Å². The fraction of sp³-hybridized carbons (Fsp3) is 0.263. The van der Waals surface area contributed by atoms with Crippen LogP contribution in [0.1, 0.15) is 30.0 Å². The molecule has 1 aromatic carbocycles. The number of aryl methyl sites for hydroxylation is 1. The first-order valence-electron chi connectivity index (χ1n) is 8.12. The number of aromatic nitrogens is 2. The molecule has 3 aromatic rings. The van der Waals surface area contributed by atoms with E-state index >= 15 is 0 Å². The standard InChI is InChI=1S/C19H17ClN4O/c1-10-2-18-14(3-11(10)6-21)16(9-24(18)12-4-13(25)5-12)15-7-23-8-17(22)19(15)20/h2-3,7-9,12-13,25H,4-5,22H2,1H3/t12-,13-. The summed E-state index contributed by atoms with van der Waals surface area (Å²) >= 11 is 6.41. The number of nitrogens with zero attached hydrogens (tertiary/aromatic N) is 3. The van der Waals surface area contributed by atoms with Crippen molar-refractivity contribution in [2.24, 2.45) is 0 Å². The predicted molar refractivity (Wildman–Crippen MR) is 98.3 cm³/mol. The molecule has 25 heavy (non-hydrogen) atoms. The normalized spacial score (nSPS) is 19.6. The van der Waals surface area contributed by atoms with E-state index in [-0.39, 0.29) is 12.1 Å². The maximum atomic E-state index is 9.69. The van der Waals surface area contributed by atoms with E-state index in [9.17, 15) is 10.4 Å². The van der Waals surface area contributed by atoms with E-state index in [0.29, 0.717) is 16.3 Å². The molecule has 126 valence electrons. The number of aliphatic hydroxyl groups excluding tert-OH is 1. The highest BCUT2D eigenvalue weighted by Gasteiger charge is 2.30. The number of benzene rings is 1. The zero-order valence-corrected chi connectivity index (χ0v) is 14.5. The van der Waals surface area contributed by atoms with Gasteiger partial charge in [-0.15, -0.1) is 0 Å². The molecule has 6 heteroatoms. The monoisotopic (exact) mass is 352 g/mol. The Bertz CT molecular complexity index is 1030. The van der Waals surface area contributed by atoms with E-state index in [4.69, 9.17) is 17.3 Å². The number of pyridine rings is 1. The molecule has 0 amide bonds. The third-order valence-corrected chi connectivity index (χ3v) is 5.40. The van der Waals surface area contributed by atoms with Crippen molar-refractivity contribution in [1.82, 2.24) is 9.55 Å². The lowest BCUT2D eigenvalue weighted by Crippen LogP contribution is -2.30. The summed E-state index contributed by atoms with van der Waals surface area (Å²) in [4.78, 5) is 4.16. The maximum absolute atomic E-state index is 9.69. The largest absolute Gasteiger partial charge is 0.396 e. The third kappa shape index (κ3) is 2.46. The van der Waals surface area contributed by atoms with Gasteiger partial charge in [-0.25, -0.2) is 0 Å². The van der Waals surface area contributed by atoms with Crippen LogP contribution in [0.15, 0.2) is 30.7 Å². The molecule has 0 aliphatic heterocycles. The van der Waals surface area contributed by atoms with Gasteiger partial charge in [0.2, 0.25) is 0 Å². The smallest absolute Gasteiger partial charge is 0.0994 e. The molecule has 0 radical (unpaired) electrons. The van der Waals surface area contributed by atoms with Gasteiger partial charge in [0.15, 0.2) is 0 Å². The minimum absolute atomic E-state index is 0.242. The quantitative estimate of drug-likeness (QED) is 0.734. The second kappa shape index (κ2) is 5.76. The molecule has 3 N–H and O–H groups in total. The van der Waals surface area contributed by atoms with Crippen LogP contribution in [0.3, 0.4) is 0 Å². The number of anilines is 1. The summed E-state index contributed by atoms with van der Waals surface area (Å²) in [5.41, 5.74) is 10.6. The van der Waals surface area contributed by atoms with E-state index in [0.717, 1.165) is 40.4 Å². The molecule has 0 spiro atoms. The van der Waals surface area contributed by atoms with Crippen LogP contribution in [0.2, 0.25) is 5.02 Å². The van der Waals surface area contributed by atoms with Crippen molar-refractivity contribution >= 4 is 28.2 Å². The summed E-state index contributed by atoms with van der Waals surface area (Å²) in [6, 6.07) is 6.40. The van der Waals surface area contributed by atoms with Gasteiger partial charge in [-0.1, -0.05) is 11.6 Å². The molecule has 1 fully saturated rings. The highest BCUT2D eigenvalue weighted by molar-refractivity contribution is 6.36. The summed E-state index contributed by atoms with van der Waals surface area (Å²) in [7, 11) is 0. The number of nitrogen functional groups attached to an aromatic ring is 1. The molecule has 2 heterocycles. The lowest BCUT2D eigenvalue weighted by atomic mass is 9.89. The van der Waals surface area contributed by atoms with Gasteiger partial charge in [-0.2, -0.15) is 5.26 Å². The van der Waals surface area contributed by atoms with E-state index in [1.54, 1.807) is 6.20 Å². The van der Waals surface area contributed by atoms with Crippen molar-refractivity contribution < 1.29 is 5.11 Å². The van der Waals surface area contributed by atoms with Crippen LogP contribution >= 0.6 is 11.6 Å². The first-order chi connectivity index (χ1) is 12.0. The Hall–Kier alpha value is -2.55. The number of rotatable bonds is 2. The summed E-state index contributed by atoms with van der Waals surface area (Å²) in [6.45, 7) is 1.93. The van der Waals surface area contributed by atoms with Gasteiger partial charge in [-0.3, -0.25) is 4.98 Å². The Labute approximate surface area is 150 Å². The van der Waals surface area contributed by atoms with Gasteiger partial charge < -0.3 is 15.4 Å². The van der Waals surface area contributed by atoms with Crippen LogP contribution < -0.4 is 5.73 Å². The van der Waals surface area contributed by atoms with Crippen molar-refractivity contribution in [2.75, 3.05) is 5.73 Å². The zero-order valence-electron chi connectivity index (χ0n) is 13.7. The highest BCUT2D eigenvalue weighted by Crippen LogP contribution is 2.42. The van der Waals surface area contributed by atoms with Gasteiger partial charge in [0.25, 0.3) is 0 Å². The summed E-state index contributed by atoms with van der Waals surface area (Å²) in [5.74, 6) is 0. The van der Waals surface area contributed by atoms with Crippen molar-refractivity contribution in [1.29, 1.82) is 5.26 Å². The second-order valence-electron chi connectivity index (χ2n) is 6.62. The molecule has 2 aromatic heterocycles. The molecule has 5 nitrogen and oxygen atoms in total. The minimum atomic E-state index is -0.247. The maximum Gasteiger partial charge on any atom is 0.0994 e. The van der Waals surface area contributed by atoms with Crippen molar-refractivity contribution in [3.05, 3.63) is 46.9 Å². The van der Waals surface area contributed by atoms with Crippen LogP contribution in [0.25, 0.3) is 22.0 Å². The number of hydrogen-bond donors (Lipinski definition) is 2. The van der Waals surface area contributed by atoms with E-state index in [2.05, 4.69) is 15.6 Å². The van der Waals surface area contributed by atoms with E-state index < -0.39 is 0 Å². The van der Waals surface area contributed by atoms with Crippen LogP contribution in [0.5, 0.6) is 0 Å². The third-order valence-electron chi connectivity index (χ3n) is 4.98. The Kier molecular flexibility index (Phi) is 3.68.